The van der Waals surface area contributed by atoms with Gasteiger partial charge in [0.05, 0.1) is 16.7 Å². The molecule has 0 bridgehead atoms. The molecule has 0 saturated heterocycles. The molecule has 9 nitrogen and oxygen atoms in total. The number of hydrogen-bond acceptors (Lipinski definition) is 7. The van der Waals surface area contributed by atoms with Gasteiger partial charge < -0.3 is 9.47 Å². The Morgan fingerprint density at radius 1 is 0.971 bits per heavy atom. The van der Waals surface area contributed by atoms with Crippen LogP contribution >= 0.6 is 0 Å². The number of amides is 1. The number of aryl methyl sites for hydroxylation is 2. The third kappa shape index (κ3) is 6.26. The van der Waals surface area contributed by atoms with Gasteiger partial charge in [0.1, 0.15) is 11.5 Å². The average molecular weight is 461 g/mol. The number of nitro benzene ring substituents is 1. The number of non-ortho nitro benzene ring substituents is 1. The Bertz CT molecular complexity index is 1230. The Hall–Kier alpha value is -4.53. The van der Waals surface area contributed by atoms with Crippen LogP contribution in [0.25, 0.3) is 0 Å². The highest BCUT2D eigenvalue weighted by atomic mass is 16.6. The van der Waals surface area contributed by atoms with Gasteiger partial charge in [-0.2, -0.15) is 5.10 Å². The SMILES string of the molecule is Cc1ccc(C)c(OCC(=O)NN=Cc2ccc(OC(=O)c3ccc([N+](=O)[O-])cc3)cc2)c1C. The number of hydrogen-bond donors (Lipinski definition) is 1. The lowest BCUT2D eigenvalue weighted by molar-refractivity contribution is -0.384. The summed E-state index contributed by atoms with van der Waals surface area (Å²) >= 11 is 0. The highest BCUT2D eigenvalue weighted by molar-refractivity contribution is 5.91. The molecule has 0 aliphatic heterocycles. The molecule has 0 aliphatic carbocycles. The summed E-state index contributed by atoms with van der Waals surface area (Å²) in [7, 11) is 0. The van der Waals surface area contributed by atoms with Crippen molar-refractivity contribution < 1.29 is 24.0 Å². The Kier molecular flexibility index (Phi) is 7.71. The zero-order valence-electron chi connectivity index (χ0n) is 18.9. The number of carbonyl (C=O) groups excluding carboxylic acids is 2. The van der Waals surface area contributed by atoms with E-state index in [4.69, 9.17) is 9.47 Å². The largest absolute Gasteiger partial charge is 0.483 e. The van der Waals surface area contributed by atoms with E-state index in [1.165, 1.54) is 30.5 Å². The van der Waals surface area contributed by atoms with Gasteiger partial charge in [0, 0.05) is 12.1 Å². The molecule has 9 heteroatoms. The molecule has 0 radical (unpaired) electrons. The van der Waals surface area contributed by atoms with Crippen LogP contribution in [0.4, 0.5) is 5.69 Å². The topological polar surface area (TPSA) is 120 Å². The fraction of sp³-hybridized carbons (Fsp3) is 0.160. The van der Waals surface area contributed by atoms with Crippen molar-refractivity contribution in [3.63, 3.8) is 0 Å². The van der Waals surface area contributed by atoms with Crippen LogP contribution in [0.1, 0.15) is 32.6 Å². The Balaban J connectivity index is 1.50. The quantitative estimate of drug-likeness (QED) is 0.176. The monoisotopic (exact) mass is 461 g/mol. The molecule has 0 fully saturated rings. The summed E-state index contributed by atoms with van der Waals surface area (Å²) in [5.74, 6) is -0.0484. The van der Waals surface area contributed by atoms with Crippen LogP contribution in [-0.4, -0.2) is 29.6 Å². The lowest BCUT2D eigenvalue weighted by atomic mass is 10.1. The van der Waals surface area contributed by atoms with E-state index in [-0.39, 0.29) is 17.9 Å². The summed E-state index contributed by atoms with van der Waals surface area (Å²) < 4.78 is 10.9. The highest BCUT2D eigenvalue weighted by Crippen LogP contribution is 2.25. The molecule has 3 rings (SSSR count). The number of rotatable bonds is 8. The van der Waals surface area contributed by atoms with Crippen molar-refractivity contribution in [2.45, 2.75) is 20.8 Å². The fourth-order valence-electron chi connectivity index (χ4n) is 3.00. The van der Waals surface area contributed by atoms with Crippen molar-refractivity contribution in [3.8, 4) is 11.5 Å². The summed E-state index contributed by atoms with van der Waals surface area (Å²) in [6.07, 6.45) is 1.45. The van der Waals surface area contributed by atoms with Crippen LogP contribution in [0, 0.1) is 30.9 Å². The van der Waals surface area contributed by atoms with E-state index in [1.807, 2.05) is 32.9 Å². The summed E-state index contributed by atoms with van der Waals surface area (Å²) in [5.41, 5.74) is 6.18. The molecule has 0 aliphatic rings. The predicted octanol–water partition coefficient (Wildman–Crippen LogP) is 4.27. The van der Waals surface area contributed by atoms with Crippen LogP contribution in [0.3, 0.4) is 0 Å². The first-order chi connectivity index (χ1) is 16.2. The minimum Gasteiger partial charge on any atom is -0.483 e. The molecule has 0 atom stereocenters. The molecule has 0 spiro atoms. The molecule has 1 N–H and O–H groups in total. The predicted molar refractivity (Wildman–Crippen MR) is 126 cm³/mol. The molecule has 0 unspecified atom stereocenters. The van der Waals surface area contributed by atoms with Gasteiger partial charge in [0.15, 0.2) is 6.61 Å². The summed E-state index contributed by atoms with van der Waals surface area (Å²) in [5, 5.41) is 14.6. The number of ether oxygens (including phenoxy) is 2. The maximum absolute atomic E-state index is 12.2. The fourth-order valence-corrected chi connectivity index (χ4v) is 3.00. The molecular formula is C25H23N3O6. The van der Waals surface area contributed by atoms with Crippen LogP contribution < -0.4 is 14.9 Å². The van der Waals surface area contributed by atoms with Gasteiger partial charge in [-0.3, -0.25) is 14.9 Å². The van der Waals surface area contributed by atoms with Gasteiger partial charge in [-0.1, -0.05) is 12.1 Å². The standard InChI is InChI=1S/C25H23N3O6/c1-16-4-5-17(2)24(18(16)3)33-15-23(29)27-26-14-19-6-12-22(13-7-19)34-25(30)20-8-10-21(11-9-20)28(31)32/h4-14H,15H2,1-3H3,(H,27,29). The summed E-state index contributed by atoms with van der Waals surface area (Å²) in [4.78, 5) is 34.4. The Morgan fingerprint density at radius 3 is 2.26 bits per heavy atom. The highest BCUT2D eigenvalue weighted by Gasteiger charge is 2.12. The van der Waals surface area contributed by atoms with Crippen molar-refractivity contribution in [3.05, 3.63) is 98.6 Å². The Morgan fingerprint density at radius 2 is 1.62 bits per heavy atom. The minimum atomic E-state index is -0.636. The van der Waals surface area contributed by atoms with E-state index in [9.17, 15) is 19.7 Å². The lowest BCUT2D eigenvalue weighted by Crippen LogP contribution is -2.25. The van der Waals surface area contributed by atoms with Gasteiger partial charge >= 0.3 is 5.97 Å². The number of esters is 1. The second-order valence-electron chi connectivity index (χ2n) is 7.50. The second kappa shape index (κ2) is 10.9. The zero-order valence-corrected chi connectivity index (χ0v) is 18.9. The average Bonchev–Trinajstić information content (AvgIpc) is 2.82. The number of nitro groups is 1. The first-order valence-electron chi connectivity index (χ1n) is 10.3. The lowest BCUT2D eigenvalue weighted by Gasteiger charge is -2.13. The van der Waals surface area contributed by atoms with Gasteiger partial charge in [0.2, 0.25) is 0 Å². The van der Waals surface area contributed by atoms with Crippen molar-refractivity contribution in [1.29, 1.82) is 0 Å². The van der Waals surface area contributed by atoms with Crippen molar-refractivity contribution in [1.82, 2.24) is 5.43 Å². The molecule has 0 heterocycles. The summed E-state index contributed by atoms with van der Waals surface area (Å²) in [6.45, 7) is 5.68. The molecule has 3 aromatic carbocycles. The number of hydrazone groups is 1. The molecule has 0 aromatic heterocycles. The Labute approximate surface area is 196 Å². The van der Waals surface area contributed by atoms with E-state index < -0.39 is 16.8 Å². The van der Waals surface area contributed by atoms with Crippen LogP contribution in [0.15, 0.2) is 65.8 Å². The molecular weight excluding hydrogens is 438 g/mol. The zero-order chi connectivity index (χ0) is 24.7. The van der Waals surface area contributed by atoms with Crippen molar-refractivity contribution in [2.75, 3.05) is 6.61 Å². The van der Waals surface area contributed by atoms with Gasteiger partial charge in [-0.25, -0.2) is 10.2 Å². The van der Waals surface area contributed by atoms with E-state index >= 15 is 0 Å². The van der Waals surface area contributed by atoms with Crippen LogP contribution in [-0.2, 0) is 4.79 Å². The van der Waals surface area contributed by atoms with Crippen molar-refractivity contribution >= 4 is 23.8 Å². The van der Waals surface area contributed by atoms with E-state index in [2.05, 4.69) is 10.5 Å². The summed E-state index contributed by atoms with van der Waals surface area (Å²) in [6, 6.07) is 15.5. The van der Waals surface area contributed by atoms with Crippen LogP contribution in [0.2, 0.25) is 0 Å². The molecule has 1 amide bonds. The van der Waals surface area contributed by atoms with E-state index in [1.54, 1.807) is 24.3 Å². The number of nitrogens with one attached hydrogen (secondary N) is 1. The second-order valence-corrected chi connectivity index (χ2v) is 7.50. The third-order valence-electron chi connectivity index (χ3n) is 5.03. The molecule has 3 aromatic rings. The number of benzene rings is 3. The molecule has 34 heavy (non-hydrogen) atoms. The maximum Gasteiger partial charge on any atom is 0.343 e. The van der Waals surface area contributed by atoms with Crippen LogP contribution in [0.5, 0.6) is 11.5 Å². The molecule has 0 saturated carbocycles. The smallest absolute Gasteiger partial charge is 0.343 e. The minimum absolute atomic E-state index is 0.112. The van der Waals surface area contributed by atoms with E-state index in [0.717, 1.165) is 16.7 Å². The van der Waals surface area contributed by atoms with Crippen molar-refractivity contribution in [2.24, 2.45) is 5.10 Å². The van der Waals surface area contributed by atoms with Gasteiger partial charge in [0.25, 0.3) is 11.6 Å². The van der Waals surface area contributed by atoms with Gasteiger partial charge in [-0.05, 0) is 79.4 Å². The number of carbonyl (C=O) groups is 2. The first-order valence-corrected chi connectivity index (χ1v) is 10.3. The number of nitrogens with zero attached hydrogens (tertiary/aromatic N) is 2. The van der Waals surface area contributed by atoms with Gasteiger partial charge in [-0.15, -0.1) is 0 Å². The maximum atomic E-state index is 12.2. The molecule has 174 valence electrons. The third-order valence-corrected chi connectivity index (χ3v) is 5.03. The van der Waals surface area contributed by atoms with E-state index in [0.29, 0.717) is 17.1 Å². The first kappa shape index (κ1) is 24.1. The normalized spacial score (nSPS) is 10.7.